The Hall–Kier alpha value is -0.350. The van der Waals surface area contributed by atoms with Gasteiger partial charge in [-0.25, -0.2) is 0 Å². The van der Waals surface area contributed by atoms with Crippen molar-refractivity contribution in [2.24, 2.45) is 0 Å². The minimum absolute atomic E-state index is 0.0515. The Morgan fingerprint density at radius 1 is 1.50 bits per heavy atom. The van der Waals surface area contributed by atoms with E-state index in [-0.39, 0.29) is 11.9 Å². The van der Waals surface area contributed by atoms with Crippen LogP contribution in [0.3, 0.4) is 0 Å². The first-order valence-corrected chi connectivity index (χ1v) is 6.18. The van der Waals surface area contributed by atoms with Crippen LogP contribution in [-0.2, 0) is 0 Å². The van der Waals surface area contributed by atoms with Crippen LogP contribution in [0.4, 0.5) is 0 Å². The summed E-state index contributed by atoms with van der Waals surface area (Å²) in [6.07, 6.45) is 0. The number of carbonyl (C=O) groups excluding carboxylic acids is 1. The van der Waals surface area contributed by atoms with Gasteiger partial charge in [-0.15, -0.1) is 0 Å². The van der Waals surface area contributed by atoms with Crippen LogP contribution in [0.1, 0.15) is 17.3 Å². The van der Waals surface area contributed by atoms with E-state index in [1.807, 2.05) is 25.1 Å². The van der Waals surface area contributed by atoms with Gasteiger partial charge in [0, 0.05) is 15.8 Å². The summed E-state index contributed by atoms with van der Waals surface area (Å²) < 4.78 is 0.819. The molecule has 0 bridgehead atoms. The van der Waals surface area contributed by atoms with Gasteiger partial charge in [-0.1, -0.05) is 28.1 Å². The van der Waals surface area contributed by atoms with Crippen LogP contribution in [0.15, 0.2) is 28.7 Å². The fourth-order valence-electron chi connectivity index (χ4n) is 0.985. The Bertz CT molecular complexity index is 328. The maximum atomic E-state index is 11.7. The second-order valence-electron chi connectivity index (χ2n) is 3.01. The van der Waals surface area contributed by atoms with E-state index in [2.05, 4.69) is 37.2 Å². The molecule has 2 nitrogen and oxygen atoms in total. The van der Waals surface area contributed by atoms with Crippen molar-refractivity contribution in [2.45, 2.75) is 13.0 Å². The maximum absolute atomic E-state index is 11.7. The van der Waals surface area contributed by atoms with Crippen molar-refractivity contribution in [3.63, 3.8) is 0 Å². The van der Waals surface area contributed by atoms with E-state index in [1.165, 1.54) is 0 Å². The summed E-state index contributed by atoms with van der Waals surface area (Å²) in [7, 11) is 0. The molecule has 1 amide bonds. The topological polar surface area (TPSA) is 29.1 Å². The molecular formula is C10H11Br2NO. The van der Waals surface area contributed by atoms with Crippen LogP contribution in [0.2, 0.25) is 0 Å². The predicted octanol–water partition coefficient (Wildman–Crippen LogP) is 2.96. The normalized spacial score (nSPS) is 12.2. The Balaban J connectivity index is 2.75. The number of hydrogen-bond donors (Lipinski definition) is 1. The zero-order chi connectivity index (χ0) is 10.6. The molecule has 1 aromatic carbocycles. The molecule has 1 aromatic rings. The molecular weight excluding hydrogens is 310 g/mol. The van der Waals surface area contributed by atoms with E-state index in [0.29, 0.717) is 5.56 Å². The van der Waals surface area contributed by atoms with Gasteiger partial charge in [-0.3, -0.25) is 4.79 Å². The lowest BCUT2D eigenvalue weighted by Crippen LogP contribution is -2.33. The van der Waals surface area contributed by atoms with E-state index >= 15 is 0 Å². The Kier molecular flexibility index (Phi) is 4.62. The second kappa shape index (κ2) is 5.51. The second-order valence-corrected chi connectivity index (χ2v) is 4.51. The first-order chi connectivity index (χ1) is 6.65. The molecule has 0 fully saturated rings. The zero-order valence-corrected chi connectivity index (χ0v) is 10.9. The van der Waals surface area contributed by atoms with Crippen molar-refractivity contribution in [3.05, 3.63) is 34.3 Å². The largest absolute Gasteiger partial charge is 0.349 e. The van der Waals surface area contributed by atoms with Gasteiger partial charge in [0.1, 0.15) is 0 Å². The summed E-state index contributed by atoms with van der Waals surface area (Å²) in [5.74, 6) is -0.0515. The van der Waals surface area contributed by atoms with Gasteiger partial charge >= 0.3 is 0 Å². The standard InChI is InChI=1S/C10H11Br2NO/c1-7(6-11)13-10(14)8-4-2-3-5-9(8)12/h2-5,7H,6H2,1H3,(H,13,14). The van der Waals surface area contributed by atoms with Gasteiger partial charge < -0.3 is 5.32 Å². The molecule has 1 unspecified atom stereocenters. The van der Waals surface area contributed by atoms with Crippen molar-refractivity contribution >= 4 is 37.8 Å². The fourth-order valence-corrected chi connectivity index (χ4v) is 1.61. The molecule has 1 rings (SSSR count). The molecule has 0 saturated heterocycles. The third-order valence-electron chi connectivity index (χ3n) is 1.73. The molecule has 1 atom stereocenters. The molecule has 0 heterocycles. The quantitative estimate of drug-likeness (QED) is 0.852. The number of halogens is 2. The highest BCUT2D eigenvalue weighted by Gasteiger charge is 2.10. The van der Waals surface area contributed by atoms with Crippen LogP contribution in [0.25, 0.3) is 0 Å². The molecule has 0 spiro atoms. The Morgan fingerprint density at radius 2 is 2.14 bits per heavy atom. The van der Waals surface area contributed by atoms with Crippen molar-refractivity contribution in [1.29, 1.82) is 0 Å². The highest BCUT2D eigenvalue weighted by molar-refractivity contribution is 9.10. The van der Waals surface area contributed by atoms with Crippen molar-refractivity contribution < 1.29 is 4.79 Å². The molecule has 0 aliphatic carbocycles. The third-order valence-corrected chi connectivity index (χ3v) is 3.39. The van der Waals surface area contributed by atoms with Gasteiger partial charge in [-0.2, -0.15) is 0 Å². The van der Waals surface area contributed by atoms with Crippen LogP contribution < -0.4 is 5.32 Å². The lowest BCUT2D eigenvalue weighted by atomic mass is 10.2. The summed E-state index contributed by atoms with van der Waals surface area (Å²) in [6, 6.07) is 7.51. The lowest BCUT2D eigenvalue weighted by molar-refractivity contribution is 0.0943. The highest BCUT2D eigenvalue weighted by Crippen LogP contribution is 2.15. The first-order valence-electron chi connectivity index (χ1n) is 4.26. The molecule has 4 heteroatoms. The molecule has 1 N–H and O–H groups in total. The van der Waals surface area contributed by atoms with Crippen molar-refractivity contribution in [1.82, 2.24) is 5.32 Å². The third kappa shape index (κ3) is 3.10. The minimum Gasteiger partial charge on any atom is -0.349 e. The van der Waals surface area contributed by atoms with E-state index < -0.39 is 0 Å². The summed E-state index contributed by atoms with van der Waals surface area (Å²) in [6.45, 7) is 1.95. The summed E-state index contributed by atoms with van der Waals surface area (Å²) in [5.41, 5.74) is 0.667. The van der Waals surface area contributed by atoms with Gasteiger partial charge in [0.2, 0.25) is 0 Å². The van der Waals surface area contributed by atoms with Crippen LogP contribution in [0.5, 0.6) is 0 Å². The number of hydrogen-bond acceptors (Lipinski definition) is 1. The predicted molar refractivity (Wildman–Crippen MR) is 64.9 cm³/mol. The lowest BCUT2D eigenvalue weighted by Gasteiger charge is -2.11. The van der Waals surface area contributed by atoms with Gasteiger partial charge in [0.25, 0.3) is 5.91 Å². The Labute approximate surface area is 100 Å². The number of amides is 1. The van der Waals surface area contributed by atoms with Crippen LogP contribution in [-0.4, -0.2) is 17.3 Å². The van der Waals surface area contributed by atoms with E-state index in [9.17, 15) is 4.79 Å². The molecule has 0 aliphatic rings. The number of alkyl halides is 1. The maximum Gasteiger partial charge on any atom is 0.252 e. The number of carbonyl (C=O) groups is 1. The molecule has 0 aliphatic heterocycles. The summed E-state index contributed by atoms with van der Waals surface area (Å²) in [4.78, 5) is 11.7. The van der Waals surface area contributed by atoms with Gasteiger partial charge in [-0.05, 0) is 35.0 Å². The van der Waals surface area contributed by atoms with E-state index in [1.54, 1.807) is 6.07 Å². The van der Waals surface area contributed by atoms with E-state index in [4.69, 9.17) is 0 Å². The van der Waals surface area contributed by atoms with Gasteiger partial charge in [0.15, 0.2) is 0 Å². The van der Waals surface area contributed by atoms with Crippen molar-refractivity contribution in [3.8, 4) is 0 Å². The average Bonchev–Trinajstić information content (AvgIpc) is 2.18. The van der Waals surface area contributed by atoms with Gasteiger partial charge in [0.05, 0.1) is 5.56 Å². The van der Waals surface area contributed by atoms with Crippen LogP contribution >= 0.6 is 31.9 Å². The van der Waals surface area contributed by atoms with Crippen molar-refractivity contribution in [2.75, 3.05) is 5.33 Å². The highest BCUT2D eigenvalue weighted by atomic mass is 79.9. The summed E-state index contributed by atoms with van der Waals surface area (Å²) in [5, 5.41) is 3.62. The van der Waals surface area contributed by atoms with Crippen LogP contribution in [0, 0.1) is 0 Å². The number of nitrogens with one attached hydrogen (secondary N) is 1. The zero-order valence-electron chi connectivity index (χ0n) is 7.76. The molecule has 0 aromatic heterocycles. The molecule has 0 saturated carbocycles. The smallest absolute Gasteiger partial charge is 0.252 e. The summed E-state index contributed by atoms with van der Waals surface area (Å²) >= 11 is 6.64. The number of rotatable bonds is 3. The minimum atomic E-state index is -0.0515. The van der Waals surface area contributed by atoms with E-state index in [0.717, 1.165) is 9.80 Å². The molecule has 0 radical (unpaired) electrons. The number of benzene rings is 1. The monoisotopic (exact) mass is 319 g/mol. The first kappa shape index (κ1) is 11.7. The fraction of sp³-hybridized carbons (Fsp3) is 0.300. The SMILES string of the molecule is CC(CBr)NC(=O)c1ccccc1Br. The Morgan fingerprint density at radius 3 is 2.71 bits per heavy atom. The average molecular weight is 321 g/mol. The molecule has 14 heavy (non-hydrogen) atoms. The molecule has 76 valence electrons.